The number of H-pyrrole nitrogens is 1. The van der Waals surface area contributed by atoms with Gasteiger partial charge in [0.1, 0.15) is 0 Å². The quantitative estimate of drug-likeness (QED) is 0.790. The molecule has 1 unspecified atom stereocenters. The number of hydrogen-bond donors (Lipinski definition) is 3. The van der Waals surface area contributed by atoms with Gasteiger partial charge in [-0.05, 0) is 31.2 Å². The van der Waals surface area contributed by atoms with Gasteiger partial charge in [0.2, 0.25) is 0 Å². The van der Waals surface area contributed by atoms with E-state index in [0.29, 0.717) is 17.3 Å². The molecule has 2 aromatic rings. The van der Waals surface area contributed by atoms with Crippen LogP contribution in [0.5, 0.6) is 0 Å². The molecule has 3 rings (SSSR count). The molecule has 0 bridgehead atoms. The van der Waals surface area contributed by atoms with E-state index < -0.39 is 0 Å². The van der Waals surface area contributed by atoms with Crippen LogP contribution in [0.2, 0.25) is 0 Å². The Bertz CT molecular complexity index is 601. The highest BCUT2D eigenvalue weighted by molar-refractivity contribution is 7.09. The van der Waals surface area contributed by atoms with E-state index in [4.69, 9.17) is 5.73 Å². The van der Waals surface area contributed by atoms with Gasteiger partial charge >= 0.3 is 0 Å². The topological polar surface area (TPSA) is 83.8 Å². The first-order valence-electron chi connectivity index (χ1n) is 6.82. The molecule has 1 atom stereocenters. The summed E-state index contributed by atoms with van der Waals surface area (Å²) in [5.41, 5.74) is 7.75. The molecule has 0 spiro atoms. The Morgan fingerprint density at radius 2 is 2.45 bits per heavy atom. The van der Waals surface area contributed by atoms with Gasteiger partial charge in [0.15, 0.2) is 5.69 Å². The third-order valence-electron chi connectivity index (χ3n) is 3.50. The Morgan fingerprint density at radius 3 is 3.10 bits per heavy atom. The van der Waals surface area contributed by atoms with Gasteiger partial charge in [-0.25, -0.2) is 0 Å². The van der Waals surface area contributed by atoms with Crippen molar-refractivity contribution in [3.8, 4) is 0 Å². The number of carbonyl (C=O) groups excluding carboxylic acids is 1. The van der Waals surface area contributed by atoms with Crippen molar-refractivity contribution in [2.45, 2.75) is 38.1 Å². The Morgan fingerprint density at radius 1 is 1.65 bits per heavy atom. The second-order valence-corrected chi connectivity index (χ2v) is 6.36. The van der Waals surface area contributed by atoms with Crippen LogP contribution in [0.15, 0.2) is 17.5 Å². The summed E-state index contributed by atoms with van der Waals surface area (Å²) in [6.07, 6.45) is 3.08. The van der Waals surface area contributed by atoms with Crippen LogP contribution in [0, 0.1) is 0 Å². The van der Waals surface area contributed by atoms with Gasteiger partial charge in [0, 0.05) is 23.3 Å². The number of anilines is 1. The van der Waals surface area contributed by atoms with Gasteiger partial charge in [-0.2, -0.15) is 5.10 Å². The number of carbonyl (C=O) groups is 1. The highest BCUT2D eigenvalue weighted by Gasteiger charge is 2.30. The summed E-state index contributed by atoms with van der Waals surface area (Å²) in [7, 11) is 0. The van der Waals surface area contributed by atoms with E-state index in [1.807, 2.05) is 18.4 Å². The maximum Gasteiger partial charge on any atom is 0.274 e. The monoisotopic (exact) mass is 290 g/mol. The van der Waals surface area contributed by atoms with Crippen LogP contribution in [0.3, 0.4) is 0 Å². The van der Waals surface area contributed by atoms with E-state index in [0.717, 1.165) is 25.0 Å². The van der Waals surface area contributed by atoms with Crippen molar-refractivity contribution in [2.75, 3.05) is 5.73 Å². The normalized spacial score (nSPS) is 16.1. The second kappa shape index (κ2) is 5.28. The molecule has 6 heteroatoms. The zero-order chi connectivity index (χ0) is 14.1. The number of thiophene rings is 1. The molecule has 2 heterocycles. The summed E-state index contributed by atoms with van der Waals surface area (Å²) >= 11 is 1.70. The van der Waals surface area contributed by atoms with Crippen molar-refractivity contribution in [1.29, 1.82) is 0 Å². The van der Waals surface area contributed by atoms with Crippen molar-refractivity contribution in [3.63, 3.8) is 0 Å². The molecule has 5 nitrogen and oxygen atoms in total. The average Bonchev–Trinajstić information content (AvgIpc) is 2.97. The van der Waals surface area contributed by atoms with E-state index in [1.54, 1.807) is 11.3 Å². The second-order valence-electron chi connectivity index (χ2n) is 5.33. The van der Waals surface area contributed by atoms with Crippen molar-refractivity contribution in [2.24, 2.45) is 0 Å². The molecule has 1 aliphatic rings. The van der Waals surface area contributed by atoms with Gasteiger partial charge in [-0.3, -0.25) is 9.89 Å². The van der Waals surface area contributed by atoms with E-state index in [2.05, 4.69) is 21.6 Å². The van der Waals surface area contributed by atoms with Gasteiger partial charge in [-0.1, -0.05) is 6.07 Å². The van der Waals surface area contributed by atoms with Crippen molar-refractivity contribution in [3.05, 3.63) is 33.8 Å². The molecule has 1 saturated carbocycles. The predicted octanol–water partition coefficient (Wildman–Crippen LogP) is 2.29. The number of rotatable bonds is 5. The van der Waals surface area contributed by atoms with Crippen LogP contribution in [0.1, 0.15) is 46.7 Å². The van der Waals surface area contributed by atoms with Crippen LogP contribution in [0.25, 0.3) is 0 Å². The van der Waals surface area contributed by atoms with E-state index >= 15 is 0 Å². The lowest BCUT2D eigenvalue weighted by molar-refractivity contribution is 0.0936. The lowest BCUT2D eigenvalue weighted by Gasteiger charge is -2.12. The maximum absolute atomic E-state index is 12.2. The van der Waals surface area contributed by atoms with E-state index in [-0.39, 0.29) is 11.9 Å². The largest absolute Gasteiger partial charge is 0.395 e. The van der Waals surface area contributed by atoms with Gasteiger partial charge in [0.05, 0.1) is 11.4 Å². The van der Waals surface area contributed by atoms with Crippen molar-refractivity contribution < 1.29 is 4.79 Å². The van der Waals surface area contributed by atoms with Crippen molar-refractivity contribution >= 4 is 22.9 Å². The Balaban J connectivity index is 1.63. The molecule has 106 valence electrons. The zero-order valence-electron chi connectivity index (χ0n) is 11.3. The Hall–Kier alpha value is -1.82. The summed E-state index contributed by atoms with van der Waals surface area (Å²) in [6, 6.07) is 4.14. The Kier molecular flexibility index (Phi) is 3.48. The molecular formula is C14H18N4OS. The summed E-state index contributed by atoms with van der Waals surface area (Å²) < 4.78 is 0. The number of nitrogens with zero attached hydrogens (tertiary/aromatic N) is 1. The number of nitrogen functional groups attached to an aromatic ring is 1. The van der Waals surface area contributed by atoms with Crippen LogP contribution in [-0.2, 0) is 6.42 Å². The van der Waals surface area contributed by atoms with E-state index in [1.165, 1.54) is 4.88 Å². The summed E-state index contributed by atoms with van der Waals surface area (Å²) in [4.78, 5) is 13.4. The third-order valence-corrected chi connectivity index (χ3v) is 4.40. The maximum atomic E-state index is 12.2. The molecule has 1 aliphatic carbocycles. The number of nitrogens with two attached hydrogens (primary N) is 1. The molecule has 0 aromatic carbocycles. The number of nitrogens with one attached hydrogen (secondary N) is 2. The average molecular weight is 290 g/mol. The van der Waals surface area contributed by atoms with Crippen LogP contribution in [0.4, 0.5) is 5.69 Å². The van der Waals surface area contributed by atoms with Crippen LogP contribution in [-0.4, -0.2) is 22.1 Å². The fourth-order valence-corrected chi connectivity index (χ4v) is 3.13. The van der Waals surface area contributed by atoms with Gasteiger partial charge in [-0.15, -0.1) is 11.3 Å². The molecule has 0 aliphatic heterocycles. The number of aromatic amines is 1. The van der Waals surface area contributed by atoms with Gasteiger partial charge < -0.3 is 11.1 Å². The first-order valence-corrected chi connectivity index (χ1v) is 7.70. The minimum Gasteiger partial charge on any atom is -0.395 e. The highest BCUT2D eigenvalue weighted by atomic mass is 32.1. The Labute approximate surface area is 121 Å². The van der Waals surface area contributed by atoms with Gasteiger partial charge in [0.25, 0.3) is 5.91 Å². The fourth-order valence-electron chi connectivity index (χ4n) is 2.29. The molecule has 0 radical (unpaired) electrons. The number of hydrogen-bond acceptors (Lipinski definition) is 4. The van der Waals surface area contributed by atoms with Crippen LogP contribution >= 0.6 is 11.3 Å². The van der Waals surface area contributed by atoms with Crippen LogP contribution < -0.4 is 11.1 Å². The molecule has 1 fully saturated rings. The summed E-state index contributed by atoms with van der Waals surface area (Å²) in [5.74, 6) is 0.266. The lowest BCUT2D eigenvalue weighted by Crippen LogP contribution is -2.34. The SMILES string of the molecule is CC(Cc1cccs1)NC(=O)c1n[nH]c(C2CC2)c1N. The minimum absolute atomic E-state index is 0.0571. The molecule has 20 heavy (non-hydrogen) atoms. The summed E-state index contributed by atoms with van der Waals surface area (Å²) in [6.45, 7) is 1.99. The molecule has 1 amide bonds. The molecule has 4 N–H and O–H groups in total. The van der Waals surface area contributed by atoms with Crippen molar-refractivity contribution in [1.82, 2.24) is 15.5 Å². The number of amides is 1. The fraction of sp³-hybridized carbons (Fsp3) is 0.429. The minimum atomic E-state index is -0.199. The first kappa shape index (κ1) is 13.2. The summed E-state index contributed by atoms with van der Waals surface area (Å²) in [5, 5.41) is 12.0. The number of aromatic nitrogens is 2. The third kappa shape index (κ3) is 2.70. The van der Waals surface area contributed by atoms with E-state index in [9.17, 15) is 4.79 Å². The lowest BCUT2D eigenvalue weighted by atomic mass is 10.2. The smallest absolute Gasteiger partial charge is 0.274 e. The zero-order valence-corrected chi connectivity index (χ0v) is 12.2. The molecule has 0 saturated heterocycles. The molecular weight excluding hydrogens is 272 g/mol. The highest BCUT2D eigenvalue weighted by Crippen LogP contribution is 2.42. The molecule has 2 aromatic heterocycles. The predicted molar refractivity (Wildman–Crippen MR) is 79.9 cm³/mol. The first-order chi connectivity index (χ1) is 9.65. The standard InChI is InChI=1S/C14H18N4OS/c1-8(7-10-3-2-6-20-10)16-14(19)13-11(15)12(17-18-13)9-4-5-9/h2-3,6,8-9H,4-5,7,15H2,1H3,(H,16,19)(H,17,18).